The molecule has 0 radical (unpaired) electrons. The zero-order valence-electron chi connectivity index (χ0n) is 17.4. The van der Waals surface area contributed by atoms with Crippen LogP contribution in [-0.2, 0) is 6.42 Å². The minimum absolute atomic E-state index is 0.0529. The molecule has 0 aliphatic heterocycles. The number of aryl methyl sites for hydroxylation is 1. The second-order valence-corrected chi connectivity index (χ2v) is 7.06. The highest BCUT2D eigenvalue weighted by atomic mass is 19.2. The second kappa shape index (κ2) is 10.3. The van der Waals surface area contributed by atoms with Crippen molar-refractivity contribution in [3.63, 3.8) is 0 Å². The van der Waals surface area contributed by atoms with Gasteiger partial charge in [0.25, 0.3) is 0 Å². The van der Waals surface area contributed by atoms with Crippen molar-refractivity contribution in [1.82, 2.24) is 0 Å². The fourth-order valence-electron chi connectivity index (χ4n) is 3.26. The summed E-state index contributed by atoms with van der Waals surface area (Å²) in [6, 6.07) is 9.34. The van der Waals surface area contributed by atoms with Crippen molar-refractivity contribution in [2.24, 2.45) is 0 Å². The Labute approximate surface area is 183 Å². The molecular formula is C26H21F5O. The van der Waals surface area contributed by atoms with Gasteiger partial charge in [-0.1, -0.05) is 55.1 Å². The summed E-state index contributed by atoms with van der Waals surface area (Å²) < 4.78 is 78.3. The van der Waals surface area contributed by atoms with E-state index < -0.39 is 45.8 Å². The van der Waals surface area contributed by atoms with Crippen LogP contribution in [0.2, 0.25) is 0 Å². The Morgan fingerprint density at radius 3 is 2.31 bits per heavy atom. The molecule has 166 valence electrons. The van der Waals surface area contributed by atoms with Crippen LogP contribution in [0.5, 0.6) is 5.75 Å². The molecule has 0 aliphatic rings. The number of hydrogen-bond acceptors (Lipinski definition) is 1. The molecule has 3 aromatic carbocycles. The molecule has 1 nitrogen and oxygen atoms in total. The van der Waals surface area contributed by atoms with Crippen molar-refractivity contribution in [3.8, 4) is 5.75 Å². The second-order valence-electron chi connectivity index (χ2n) is 7.06. The van der Waals surface area contributed by atoms with Crippen molar-refractivity contribution < 1.29 is 26.7 Å². The highest BCUT2D eigenvalue weighted by Gasteiger charge is 2.23. The Kier molecular flexibility index (Phi) is 7.46. The predicted octanol–water partition coefficient (Wildman–Crippen LogP) is 8.10. The van der Waals surface area contributed by atoms with Gasteiger partial charge in [0.15, 0.2) is 23.2 Å². The van der Waals surface area contributed by atoms with Gasteiger partial charge in [0.05, 0.1) is 5.39 Å². The molecule has 0 atom stereocenters. The van der Waals surface area contributed by atoms with Crippen molar-refractivity contribution in [1.29, 1.82) is 0 Å². The Morgan fingerprint density at radius 1 is 0.938 bits per heavy atom. The van der Waals surface area contributed by atoms with Crippen molar-refractivity contribution in [2.75, 3.05) is 6.61 Å². The van der Waals surface area contributed by atoms with Crippen LogP contribution in [0.15, 0.2) is 67.3 Å². The maximum absolute atomic E-state index is 14.9. The van der Waals surface area contributed by atoms with E-state index >= 15 is 0 Å². The third-order valence-electron chi connectivity index (χ3n) is 4.92. The molecule has 0 bridgehead atoms. The lowest BCUT2D eigenvalue weighted by Gasteiger charge is -2.11. The van der Waals surface area contributed by atoms with Gasteiger partial charge in [0.1, 0.15) is 12.4 Å². The Morgan fingerprint density at radius 2 is 1.66 bits per heavy atom. The molecule has 0 unspecified atom stereocenters. The van der Waals surface area contributed by atoms with Crippen molar-refractivity contribution in [3.05, 3.63) is 101 Å². The van der Waals surface area contributed by atoms with Gasteiger partial charge < -0.3 is 4.74 Å². The molecule has 0 amide bonds. The number of fused-ring (bicyclic) bond motifs is 1. The van der Waals surface area contributed by atoms with Gasteiger partial charge in [0, 0.05) is 11.1 Å². The average molecular weight is 444 g/mol. The normalized spacial score (nSPS) is 12.3. The number of hydrogen-bond donors (Lipinski definition) is 0. The molecule has 3 aromatic rings. The van der Waals surface area contributed by atoms with Crippen LogP contribution in [0.1, 0.15) is 30.0 Å². The molecule has 0 saturated carbocycles. The molecule has 3 rings (SSSR count). The number of benzene rings is 3. The zero-order valence-corrected chi connectivity index (χ0v) is 17.4. The summed E-state index contributed by atoms with van der Waals surface area (Å²) in [5, 5.41) is -0.837. The van der Waals surface area contributed by atoms with E-state index in [1.807, 2.05) is 19.1 Å². The minimum Gasteiger partial charge on any atom is -0.486 e. The van der Waals surface area contributed by atoms with Crippen LogP contribution >= 0.6 is 0 Å². The Hall–Kier alpha value is -3.41. The lowest BCUT2D eigenvalue weighted by Crippen LogP contribution is -2.01. The van der Waals surface area contributed by atoms with Crippen LogP contribution in [-0.4, -0.2) is 6.61 Å². The fourth-order valence-corrected chi connectivity index (χ4v) is 3.26. The summed E-state index contributed by atoms with van der Waals surface area (Å²) >= 11 is 0. The van der Waals surface area contributed by atoms with E-state index in [4.69, 9.17) is 4.74 Å². The lowest BCUT2D eigenvalue weighted by molar-refractivity contribution is 0.334. The average Bonchev–Trinajstić information content (AvgIpc) is 2.80. The van der Waals surface area contributed by atoms with Gasteiger partial charge in [-0.2, -0.15) is 4.39 Å². The topological polar surface area (TPSA) is 9.23 Å². The van der Waals surface area contributed by atoms with E-state index in [1.165, 1.54) is 24.3 Å². The first-order valence-corrected chi connectivity index (χ1v) is 9.99. The molecule has 0 heterocycles. The minimum atomic E-state index is -1.54. The number of ether oxygens (including phenoxy) is 1. The zero-order chi connectivity index (χ0) is 23.3. The molecule has 6 heteroatoms. The molecule has 0 spiro atoms. The van der Waals surface area contributed by atoms with E-state index in [9.17, 15) is 22.0 Å². The van der Waals surface area contributed by atoms with Gasteiger partial charge in [-0.3, -0.25) is 0 Å². The first kappa shape index (κ1) is 23.3. The maximum atomic E-state index is 14.9. The van der Waals surface area contributed by atoms with Gasteiger partial charge in [-0.05, 0) is 42.8 Å². The third-order valence-corrected chi connectivity index (χ3v) is 4.92. The van der Waals surface area contributed by atoms with Crippen molar-refractivity contribution in [2.45, 2.75) is 19.8 Å². The van der Waals surface area contributed by atoms with E-state index in [0.717, 1.165) is 30.5 Å². The lowest BCUT2D eigenvalue weighted by atomic mass is 10.0. The summed E-state index contributed by atoms with van der Waals surface area (Å²) in [6.45, 7) is 5.24. The van der Waals surface area contributed by atoms with Crippen molar-refractivity contribution >= 4 is 22.4 Å². The third kappa shape index (κ3) is 4.74. The van der Waals surface area contributed by atoms with Gasteiger partial charge >= 0.3 is 0 Å². The SMILES string of the molecule is C=CCOc1cc2ccc(C(F)=C(F)c3ccc(CC/C=C/C)cc3)c(F)c2c(F)c1F. The molecule has 0 aliphatic carbocycles. The predicted molar refractivity (Wildman–Crippen MR) is 118 cm³/mol. The largest absolute Gasteiger partial charge is 0.486 e. The molecule has 0 saturated heterocycles. The molecule has 0 aromatic heterocycles. The van der Waals surface area contributed by atoms with Crippen LogP contribution in [0.4, 0.5) is 22.0 Å². The van der Waals surface area contributed by atoms with E-state index in [-0.39, 0.29) is 17.6 Å². The molecule has 32 heavy (non-hydrogen) atoms. The van der Waals surface area contributed by atoms with Gasteiger partial charge in [-0.15, -0.1) is 0 Å². The van der Waals surface area contributed by atoms with Crippen LogP contribution < -0.4 is 4.74 Å². The van der Waals surface area contributed by atoms with Gasteiger partial charge in [-0.25, -0.2) is 17.6 Å². The Balaban J connectivity index is 2.00. The van der Waals surface area contributed by atoms with E-state index in [0.29, 0.717) is 0 Å². The standard InChI is InChI=1S/C26H21F5O/c1-3-5-6-7-16-8-10-17(11-9-16)22(27)24(29)19-13-12-18-15-20(32-14-4-2)25(30)26(31)21(18)23(19)28/h3-5,8-13,15H,2,6-7,14H2,1H3/b5-3+,24-22?. The highest BCUT2D eigenvalue weighted by Crippen LogP contribution is 2.36. The summed E-state index contributed by atoms with van der Waals surface area (Å²) in [5.41, 5.74) is 0.0470. The van der Waals surface area contributed by atoms with Crippen LogP contribution in [0, 0.1) is 17.5 Å². The summed E-state index contributed by atoms with van der Waals surface area (Å²) in [4.78, 5) is 0. The first-order valence-electron chi connectivity index (χ1n) is 9.99. The molecule has 0 N–H and O–H groups in total. The molecule has 0 fully saturated rings. The Bertz CT molecular complexity index is 1190. The monoisotopic (exact) mass is 444 g/mol. The van der Waals surface area contributed by atoms with E-state index in [1.54, 1.807) is 12.1 Å². The number of rotatable bonds is 8. The highest BCUT2D eigenvalue weighted by molar-refractivity contribution is 5.91. The maximum Gasteiger partial charge on any atom is 0.201 e. The van der Waals surface area contributed by atoms with Gasteiger partial charge in [0.2, 0.25) is 5.82 Å². The smallest absolute Gasteiger partial charge is 0.201 e. The van der Waals surface area contributed by atoms with Crippen LogP contribution in [0.25, 0.3) is 22.4 Å². The summed E-state index contributed by atoms with van der Waals surface area (Å²) in [7, 11) is 0. The summed E-state index contributed by atoms with van der Waals surface area (Å²) in [6.07, 6.45) is 6.80. The quantitative estimate of drug-likeness (QED) is 0.194. The molecular weight excluding hydrogens is 423 g/mol. The first-order chi connectivity index (χ1) is 15.4. The fraction of sp³-hybridized carbons (Fsp3) is 0.154. The van der Waals surface area contributed by atoms with Crippen LogP contribution in [0.3, 0.4) is 0 Å². The number of allylic oxidation sites excluding steroid dienone is 2. The number of halogens is 5. The summed E-state index contributed by atoms with van der Waals surface area (Å²) in [5.74, 6) is -7.59. The van der Waals surface area contributed by atoms with E-state index in [2.05, 4.69) is 6.58 Å².